The number of hydrogen-bond acceptors (Lipinski definition) is 4. The van der Waals surface area contributed by atoms with Crippen molar-refractivity contribution in [3.8, 4) is 0 Å². The smallest absolute Gasteiger partial charge is 0.191 e. The summed E-state index contributed by atoms with van der Waals surface area (Å²) in [6, 6.07) is 4.32. The van der Waals surface area contributed by atoms with Crippen molar-refractivity contribution >= 4 is 5.96 Å². The molecule has 2 fully saturated rings. The van der Waals surface area contributed by atoms with Crippen LogP contribution in [-0.4, -0.2) is 56.8 Å². The van der Waals surface area contributed by atoms with Gasteiger partial charge in [0.2, 0.25) is 0 Å². The van der Waals surface area contributed by atoms with Crippen LogP contribution in [-0.2, 0) is 4.74 Å². The third kappa shape index (κ3) is 7.67. The molecule has 0 radical (unpaired) electrons. The van der Waals surface area contributed by atoms with Crippen molar-refractivity contribution in [1.29, 1.82) is 0 Å². The lowest BCUT2D eigenvalue weighted by Crippen LogP contribution is -2.42. The Morgan fingerprint density at radius 1 is 1.14 bits per heavy atom. The Morgan fingerprint density at radius 3 is 2.69 bits per heavy atom. The van der Waals surface area contributed by atoms with Gasteiger partial charge < -0.3 is 19.8 Å². The van der Waals surface area contributed by atoms with Gasteiger partial charge in [-0.25, -0.2) is 0 Å². The van der Waals surface area contributed by atoms with Crippen molar-refractivity contribution in [1.82, 2.24) is 15.5 Å². The lowest BCUT2D eigenvalue weighted by molar-refractivity contribution is 0.0264. The number of guanidine groups is 1. The number of nitrogens with zero attached hydrogens (tertiary/aromatic N) is 2. The molecule has 2 N–H and O–H groups in total. The molecule has 1 aromatic rings. The van der Waals surface area contributed by atoms with Crippen LogP contribution in [0.15, 0.2) is 27.8 Å². The average Bonchev–Trinajstić information content (AvgIpc) is 3.47. The molecule has 3 rings (SSSR count). The lowest BCUT2D eigenvalue weighted by Gasteiger charge is -2.26. The zero-order valence-corrected chi connectivity index (χ0v) is 18.2. The van der Waals surface area contributed by atoms with E-state index < -0.39 is 0 Å². The fourth-order valence-corrected chi connectivity index (χ4v) is 4.45. The van der Waals surface area contributed by atoms with Gasteiger partial charge in [0.25, 0.3) is 0 Å². The molecule has 0 aromatic carbocycles. The van der Waals surface area contributed by atoms with Gasteiger partial charge in [-0.2, -0.15) is 0 Å². The first-order valence-corrected chi connectivity index (χ1v) is 11.7. The van der Waals surface area contributed by atoms with E-state index in [1.54, 1.807) is 6.26 Å². The van der Waals surface area contributed by atoms with Crippen molar-refractivity contribution < 1.29 is 9.15 Å². The summed E-state index contributed by atoms with van der Waals surface area (Å²) in [6.07, 6.45) is 14.9. The predicted octanol–water partition coefficient (Wildman–Crippen LogP) is 4.10. The molecule has 1 saturated carbocycles. The van der Waals surface area contributed by atoms with Gasteiger partial charge in [0.1, 0.15) is 5.76 Å². The van der Waals surface area contributed by atoms with E-state index in [0.717, 1.165) is 57.3 Å². The van der Waals surface area contributed by atoms with Gasteiger partial charge >= 0.3 is 0 Å². The van der Waals surface area contributed by atoms with E-state index >= 15 is 0 Å². The summed E-state index contributed by atoms with van der Waals surface area (Å²) in [5.41, 5.74) is 0. The minimum absolute atomic E-state index is 0.267. The van der Waals surface area contributed by atoms with Crippen LogP contribution in [0.1, 0.15) is 76.0 Å². The zero-order chi connectivity index (χ0) is 20.2. The molecule has 2 heterocycles. The van der Waals surface area contributed by atoms with E-state index in [1.807, 2.05) is 13.1 Å². The maximum atomic E-state index is 6.01. The van der Waals surface area contributed by atoms with E-state index in [-0.39, 0.29) is 6.04 Å². The topological polar surface area (TPSA) is 62.0 Å². The summed E-state index contributed by atoms with van der Waals surface area (Å²) in [7, 11) is 1.84. The van der Waals surface area contributed by atoms with Crippen molar-refractivity contribution in [2.24, 2.45) is 4.99 Å². The molecule has 164 valence electrons. The fourth-order valence-electron chi connectivity index (χ4n) is 4.45. The zero-order valence-electron chi connectivity index (χ0n) is 18.2. The highest BCUT2D eigenvalue weighted by Gasteiger charge is 2.25. The number of hydrogen-bond donors (Lipinski definition) is 2. The molecule has 1 aliphatic heterocycles. The highest BCUT2D eigenvalue weighted by molar-refractivity contribution is 5.79. The molecule has 6 heteroatoms. The van der Waals surface area contributed by atoms with Crippen LogP contribution in [0, 0.1) is 0 Å². The third-order valence-electron chi connectivity index (χ3n) is 6.16. The van der Waals surface area contributed by atoms with Gasteiger partial charge in [-0.1, -0.05) is 19.3 Å². The third-order valence-corrected chi connectivity index (χ3v) is 6.16. The van der Waals surface area contributed by atoms with Crippen molar-refractivity contribution in [2.45, 2.75) is 76.4 Å². The molecular weight excluding hydrogens is 364 g/mol. The second-order valence-electron chi connectivity index (χ2n) is 8.35. The molecule has 1 unspecified atom stereocenters. The fraction of sp³-hybridized carbons (Fsp3) is 0.783. The molecule has 29 heavy (non-hydrogen) atoms. The first-order chi connectivity index (χ1) is 14.4. The molecule has 1 saturated heterocycles. The van der Waals surface area contributed by atoms with Gasteiger partial charge in [-0.3, -0.25) is 9.89 Å². The molecule has 0 bridgehead atoms. The van der Waals surface area contributed by atoms with Crippen LogP contribution in [0.25, 0.3) is 0 Å². The number of furan rings is 1. The summed E-state index contributed by atoms with van der Waals surface area (Å²) in [4.78, 5) is 6.89. The maximum Gasteiger partial charge on any atom is 0.191 e. The van der Waals surface area contributed by atoms with Crippen molar-refractivity contribution in [2.75, 3.05) is 39.8 Å². The monoisotopic (exact) mass is 404 g/mol. The predicted molar refractivity (Wildman–Crippen MR) is 118 cm³/mol. The second-order valence-corrected chi connectivity index (χ2v) is 8.35. The van der Waals surface area contributed by atoms with Gasteiger partial charge in [0, 0.05) is 26.7 Å². The Kier molecular flexibility index (Phi) is 9.87. The van der Waals surface area contributed by atoms with E-state index in [4.69, 9.17) is 9.15 Å². The molecule has 0 amide bonds. The summed E-state index contributed by atoms with van der Waals surface area (Å²) < 4.78 is 11.7. The standard InChI is InChI=1S/C23H40N4O2/c1-24-23(25-14-6-3-9-17-28-20-11-4-2-5-12-20)26-19-21(22-13-10-18-29-22)27-15-7-8-16-27/h10,13,18,20-21H,2-9,11-12,14-17,19H2,1H3,(H2,24,25,26). The SMILES string of the molecule is CN=C(NCCCCCOC1CCCCC1)NCC(c1ccco1)N1CCCC1. The molecule has 0 spiro atoms. The number of likely N-dealkylation sites (tertiary alicyclic amines) is 1. The summed E-state index contributed by atoms with van der Waals surface area (Å²) in [5, 5.41) is 6.94. The highest BCUT2D eigenvalue weighted by atomic mass is 16.5. The van der Waals surface area contributed by atoms with Gasteiger partial charge in [0.05, 0.1) is 18.4 Å². The van der Waals surface area contributed by atoms with E-state index in [2.05, 4.69) is 26.6 Å². The van der Waals surface area contributed by atoms with Crippen molar-refractivity contribution in [3.05, 3.63) is 24.2 Å². The van der Waals surface area contributed by atoms with Crippen LogP contribution >= 0.6 is 0 Å². The second kappa shape index (κ2) is 12.9. The Morgan fingerprint density at radius 2 is 1.97 bits per heavy atom. The molecule has 2 aliphatic rings. The van der Waals surface area contributed by atoms with E-state index in [0.29, 0.717) is 6.10 Å². The average molecular weight is 405 g/mol. The van der Waals surface area contributed by atoms with Crippen molar-refractivity contribution in [3.63, 3.8) is 0 Å². The number of ether oxygens (including phenoxy) is 1. The minimum atomic E-state index is 0.267. The Balaban J connectivity index is 1.28. The van der Waals surface area contributed by atoms with Crippen LogP contribution < -0.4 is 10.6 Å². The van der Waals surface area contributed by atoms with Gasteiger partial charge in [-0.05, 0) is 70.2 Å². The Bertz CT molecular complexity index is 563. The number of aliphatic imine (C=N–C) groups is 1. The number of unbranched alkanes of at least 4 members (excludes halogenated alkanes) is 2. The van der Waals surface area contributed by atoms with Gasteiger partial charge in [-0.15, -0.1) is 0 Å². The number of rotatable bonds is 11. The van der Waals surface area contributed by atoms with Crippen LogP contribution in [0.2, 0.25) is 0 Å². The molecule has 1 aromatic heterocycles. The highest BCUT2D eigenvalue weighted by Crippen LogP contribution is 2.24. The van der Waals surface area contributed by atoms with Gasteiger partial charge in [0.15, 0.2) is 5.96 Å². The first kappa shape index (κ1) is 22.2. The van der Waals surface area contributed by atoms with E-state index in [9.17, 15) is 0 Å². The Hall–Kier alpha value is -1.53. The molecule has 6 nitrogen and oxygen atoms in total. The molecule has 1 atom stereocenters. The lowest BCUT2D eigenvalue weighted by atomic mass is 9.98. The summed E-state index contributed by atoms with van der Waals surface area (Å²) in [6.45, 7) is 4.95. The molecular formula is C23H40N4O2. The van der Waals surface area contributed by atoms with E-state index in [1.165, 1.54) is 51.4 Å². The Labute approximate surface area is 176 Å². The quantitative estimate of drug-likeness (QED) is 0.330. The minimum Gasteiger partial charge on any atom is -0.468 e. The summed E-state index contributed by atoms with van der Waals surface area (Å²) >= 11 is 0. The normalized spacial score (nSPS) is 20.1. The van der Waals surface area contributed by atoms with Crippen LogP contribution in [0.5, 0.6) is 0 Å². The first-order valence-electron chi connectivity index (χ1n) is 11.7. The van der Waals surface area contributed by atoms with Crippen LogP contribution in [0.3, 0.4) is 0 Å². The number of nitrogens with one attached hydrogen (secondary N) is 2. The maximum absolute atomic E-state index is 6.01. The van der Waals surface area contributed by atoms with Crippen LogP contribution in [0.4, 0.5) is 0 Å². The summed E-state index contributed by atoms with van der Waals surface area (Å²) in [5.74, 6) is 1.91. The largest absolute Gasteiger partial charge is 0.468 e. The molecule has 1 aliphatic carbocycles.